The maximum Gasteiger partial charge on any atom is 0.0650 e. The van der Waals surface area contributed by atoms with Crippen LogP contribution < -0.4 is 11.5 Å². The summed E-state index contributed by atoms with van der Waals surface area (Å²) in [4.78, 5) is 4.31. The summed E-state index contributed by atoms with van der Waals surface area (Å²) in [6.45, 7) is 2.16. The van der Waals surface area contributed by atoms with Gasteiger partial charge in [-0.1, -0.05) is 6.07 Å². The number of pyridine rings is 1. The number of anilines is 1. The van der Waals surface area contributed by atoms with E-state index in [0.29, 0.717) is 5.41 Å². The van der Waals surface area contributed by atoms with E-state index in [0.717, 1.165) is 28.9 Å². The molecule has 0 saturated heterocycles. The number of hydrogen-bond donors (Lipinski definition) is 2. The van der Waals surface area contributed by atoms with Crippen molar-refractivity contribution in [2.75, 3.05) is 5.73 Å². The third kappa shape index (κ3) is 2.00. The maximum atomic E-state index is 6.58. The van der Waals surface area contributed by atoms with Crippen molar-refractivity contribution in [3.8, 4) is 11.1 Å². The normalized spacial score (nSPS) is 18.0. The van der Waals surface area contributed by atoms with Crippen LogP contribution in [0.2, 0.25) is 0 Å². The smallest absolute Gasteiger partial charge is 0.0650 e. The van der Waals surface area contributed by atoms with E-state index in [2.05, 4.69) is 24.0 Å². The molecular weight excluding hydrogens is 270 g/mol. The van der Waals surface area contributed by atoms with Crippen LogP contribution in [0.15, 0.2) is 30.6 Å². The molecule has 2 aliphatic rings. The summed E-state index contributed by atoms with van der Waals surface area (Å²) in [6, 6.07) is 6.42. The van der Waals surface area contributed by atoms with Crippen LogP contribution in [0.5, 0.6) is 0 Å². The largest absolute Gasteiger partial charge is 0.405 e. The Bertz CT molecular complexity index is 786. The van der Waals surface area contributed by atoms with Crippen molar-refractivity contribution in [1.82, 2.24) is 4.98 Å². The van der Waals surface area contributed by atoms with Crippen LogP contribution in [0.25, 0.3) is 17.2 Å². The zero-order valence-electron chi connectivity index (χ0n) is 12.9. The Balaban J connectivity index is 1.84. The van der Waals surface area contributed by atoms with Crippen molar-refractivity contribution in [2.45, 2.75) is 32.6 Å². The monoisotopic (exact) mass is 291 g/mol. The van der Waals surface area contributed by atoms with Gasteiger partial charge in [-0.25, -0.2) is 0 Å². The molecular formula is C19H21N3. The van der Waals surface area contributed by atoms with Gasteiger partial charge < -0.3 is 11.5 Å². The van der Waals surface area contributed by atoms with Crippen LogP contribution in [-0.2, 0) is 12.8 Å². The second-order valence-electron chi connectivity index (χ2n) is 6.80. The fraction of sp³-hybridized carbons (Fsp3) is 0.316. The summed E-state index contributed by atoms with van der Waals surface area (Å²) in [5.74, 6) is 0. The molecule has 3 nitrogen and oxygen atoms in total. The summed E-state index contributed by atoms with van der Waals surface area (Å²) >= 11 is 0. The first-order valence-electron chi connectivity index (χ1n) is 7.87. The molecule has 112 valence electrons. The summed E-state index contributed by atoms with van der Waals surface area (Å²) in [7, 11) is 0. The lowest BCUT2D eigenvalue weighted by Gasteiger charge is -2.15. The van der Waals surface area contributed by atoms with E-state index in [9.17, 15) is 0 Å². The second kappa shape index (κ2) is 4.60. The molecule has 4 rings (SSSR count). The van der Waals surface area contributed by atoms with Crippen molar-refractivity contribution in [3.63, 3.8) is 0 Å². The number of nitrogen functional groups attached to an aromatic ring is 1. The first-order valence-corrected chi connectivity index (χ1v) is 7.87. The first kappa shape index (κ1) is 13.4. The highest BCUT2D eigenvalue weighted by molar-refractivity contribution is 5.83. The Kier molecular flexibility index (Phi) is 2.80. The number of rotatable bonds is 2. The number of nitrogens with two attached hydrogens (primary N) is 2. The number of hydrogen-bond acceptors (Lipinski definition) is 3. The van der Waals surface area contributed by atoms with Gasteiger partial charge in [-0.2, -0.15) is 0 Å². The van der Waals surface area contributed by atoms with E-state index in [1.54, 1.807) is 0 Å². The van der Waals surface area contributed by atoms with Gasteiger partial charge in [0.1, 0.15) is 0 Å². The Morgan fingerprint density at radius 1 is 1.23 bits per heavy atom. The Morgan fingerprint density at radius 3 is 2.77 bits per heavy atom. The zero-order valence-corrected chi connectivity index (χ0v) is 12.9. The van der Waals surface area contributed by atoms with Crippen molar-refractivity contribution in [2.24, 2.45) is 11.1 Å². The van der Waals surface area contributed by atoms with E-state index < -0.39 is 0 Å². The minimum atomic E-state index is 0.549. The molecule has 3 heteroatoms. The predicted octanol–water partition coefficient (Wildman–Crippen LogP) is 3.45. The van der Waals surface area contributed by atoms with Gasteiger partial charge in [-0.3, -0.25) is 4.98 Å². The standard InChI is InChI=1S/C19H21N3/c1-12-8-14-10-19(4-5-19)11-16(14)18(21)17(12)13-3-7-22-15(9-13)2-6-20/h2-3,6-9H,4-5,10-11,20-21H2,1H3/b6-2-. The van der Waals surface area contributed by atoms with E-state index >= 15 is 0 Å². The van der Waals surface area contributed by atoms with Crippen LogP contribution in [-0.4, -0.2) is 4.98 Å². The fourth-order valence-corrected chi connectivity index (χ4v) is 3.87. The molecule has 0 amide bonds. The molecule has 0 atom stereocenters. The average Bonchev–Trinajstić information content (AvgIpc) is 3.12. The highest BCUT2D eigenvalue weighted by Gasteiger charge is 2.47. The molecule has 1 aromatic carbocycles. The third-order valence-electron chi connectivity index (χ3n) is 5.18. The zero-order chi connectivity index (χ0) is 15.3. The van der Waals surface area contributed by atoms with Crippen molar-refractivity contribution >= 4 is 11.8 Å². The number of aryl methyl sites for hydroxylation is 1. The van der Waals surface area contributed by atoms with Crippen LogP contribution in [0.1, 0.15) is 35.2 Å². The van der Waals surface area contributed by atoms with Crippen LogP contribution in [0.3, 0.4) is 0 Å². The summed E-state index contributed by atoms with van der Waals surface area (Å²) < 4.78 is 0. The lowest BCUT2D eigenvalue weighted by molar-refractivity contribution is 0.550. The molecule has 1 aromatic heterocycles. The van der Waals surface area contributed by atoms with Crippen LogP contribution in [0.4, 0.5) is 5.69 Å². The second-order valence-corrected chi connectivity index (χ2v) is 6.80. The quantitative estimate of drug-likeness (QED) is 0.833. The average molecular weight is 291 g/mol. The lowest BCUT2D eigenvalue weighted by atomic mass is 9.93. The van der Waals surface area contributed by atoms with E-state index in [4.69, 9.17) is 11.5 Å². The van der Waals surface area contributed by atoms with Gasteiger partial charge in [0.25, 0.3) is 0 Å². The molecule has 2 aliphatic carbocycles. The Morgan fingerprint density at radius 2 is 2.05 bits per heavy atom. The first-order chi connectivity index (χ1) is 10.6. The minimum Gasteiger partial charge on any atom is -0.405 e. The number of nitrogens with zero attached hydrogens (tertiary/aromatic N) is 1. The summed E-state index contributed by atoms with van der Waals surface area (Å²) in [5.41, 5.74) is 20.8. The molecule has 2 aromatic rings. The van der Waals surface area contributed by atoms with Crippen molar-refractivity contribution in [3.05, 3.63) is 53.0 Å². The molecule has 0 unspecified atom stereocenters. The van der Waals surface area contributed by atoms with E-state index in [1.807, 2.05) is 18.3 Å². The molecule has 0 bridgehead atoms. The molecule has 0 radical (unpaired) electrons. The van der Waals surface area contributed by atoms with Gasteiger partial charge in [0.05, 0.1) is 5.69 Å². The van der Waals surface area contributed by atoms with Gasteiger partial charge >= 0.3 is 0 Å². The summed E-state index contributed by atoms with van der Waals surface area (Å²) in [5, 5.41) is 0. The SMILES string of the molecule is Cc1cc2c(c(N)c1-c1ccnc(/C=C\N)c1)CC1(CC1)C2. The highest BCUT2D eigenvalue weighted by atomic mass is 14.7. The molecule has 1 spiro atoms. The van der Waals surface area contributed by atoms with E-state index in [-0.39, 0.29) is 0 Å². The fourth-order valence-electron chi connectivity index (χ4n) is 3.87. The summed E-state index contributed by atoms with van der Waals surface area (Å²) in [6.07, 6.45) is 10.2. The molecule has 22 heavy (non-hydrogen) atoms. The van der Waals surface area contributed by atoms with Gasteiger partial charge in [-0.15, -0.1) is 0 Å². The van der Waals surface area contributed by atoms with Crippen molar-refractivity contribution < 1.29 is 0 Å². The number of benzene rings is 1. The maximum absolute atomic E-state index is 6.58. The van der Waals surface area contributed by atoms with Gasteiger partial charge in [0, 0.05) is 17.4 Å². The predicted molar refractivity (Wildman–Crippen MR) is 91.1 cm³/mol. The molecule has 4 N–H and O–H groups in total. The Labute approximate surface area is 131 Å². The molecule has 1 saturated carbocycles. The van der Waals surface area contributed by atoms with Gasteiger partial charge in [-0.05, 0) is 84.7 Å². The Hall–Kier alpha value is -2.29. The number of fused-ring (bicyclic) bond motifs is 1. The minimum absolute atomic E-state index is 0.549. The molecule has 0 aliphatic heterocycles. The van der Waals surface area contributed by atoms with Crippen LogP contribution >= 0.6 is 0 Å². The molecule has 1 heterocycles. The van der Waals surface area contributed by atoms with E-state index in [1.165, 1.54) is 42.2 Å². The molecule has 1 fully saturated rings. The highest BCUT2D eigenvalue weighted by Crippen LogP contribution is 2.57. The van der Waals surface area contributed by atoms with Crippen molar-refractivity contribution in [1.29, 1.82) is 0 Å². The van der Waals surface area contributed by atoms with Gasteiger partial charge in [0.15, 0.2) is 0 Å². The third-order valence-corrected chi connectivity index (χ3v) is 5.18. The lowest BCUT2D eigenvalue weighted by Crippen LogP contribution is -2.01. The van der Waals surface area contributed by atoms with Gasteiger partial charge in [0.2, 0.25) is 0 Å². The topological polar surface area (TPSA) is 64.9 Å². The van der Waals surface area contributed by atoms with Crippen LogP contribution in [0, 0.1) is 12.3 Å². The number of aromatic nitrogens is 1.